The van der Waals surface area contributed by atoms with Gasteiger partial charge in [-0.3, -0.25) is 4.79 Å². The number of alkyl carbamates (subject to hydrolysis) is 1. The first-order valence-corrected chi connectivity index (χ1v) is 11.9. The minimum Gasteiger partial charge on any atom is -0.445 e. The van der Waals surface area contributed by atoms with E-state index in [0.29, 0.717) is 5.69 Å². The van der Waals surface area contributed by atoms with Crippen LogP contribution in [0.3, 0.4) is 0 Å². The minimum atomic E-state index is -4.06. The average Bonchev–Trinajstić information content (AvgIpc) is 2.83. The van der Waals surface area contributed by atoms with Crippen molar-refractivity contribution >= 4 is 33.7 Å². The molecule has 0 saturated carbocycles. The number of amides is 2. The highest BCUT2D eigenvalue weighted by atomic mass is 32.2. The number of nitrogens with one attached hydrogen (secondary N) is 2. The molecule has 3 aromatic carbocycles. The zero-order chi connectivity index (χ0) is 25.3. The van der Waals surface area contributed by atoms with Crippen LogP contribution in [0.25, 0.3) is 0 Å². The number of nitrogens with two attached hydrogens (primary N) is 2. The van der Waals surface area contributed by atoms with Gasteiger partial charge in [0.05, 0.1) is 4.90 Å². The molecule has 0 aliphatic carbocycles. The highest BCUT2D eigenvalue weighted by Gasteiger charge is 2.23. The van der Waals surface area contributed by atoms with Crippen molar-refractivity contribution < 1.29 is 22.7 Å². The summed E-state index contributed by atoms with van der Waals surface area (Å²) >= 11 is 0. The fourth-order valence-corrected chi connectivity index (χ4v) is 3.96. The van der Waals surface area contributed by atoms with Gasteiger partial charge in [0, 0.05) is 12.1 Å². The summed E-state index contributed by atoms with van der Waals surface area (Å²) in [6.45, 7) is 0.0537. The Hall–Kier alpha value is -4.38. The molecule has 0 aromatic heterocycles. The minimum absolute atomic E-state index is 0.0537. The van der Waals surface area contributed by atoms with Crippen molar-refractivity contribution in [2.75, 3.05) is 5.32 Å². The lowest BCUT2D eigenvalue weighted by Crippen LogP contribution is -2.45. The second-order valence-corrected chi connectivity index (χ2v) is 9.06. The number of ether oxygens (including phenoxy) is 1. The van der Waals surface area contributed by atoms with Crippen LogP contribution in [-0.4, -0.2) is 32.4 Å². The third-order valence-corrected chi connectivity index (χ3v) is 6.07. The zero-order valence-corrected chi connectivity index (χ0v) is 19.4. The standard InChI is InChI=1S/C24H25N5O5S/c25-23(26)29-35(32,33)20-13-11-19(12-14-20)27-22(30)21(15-17-7-3-1-4-8-17)28-24(31)34-16-18-9-5-2-6-10-18/h1-14,21H,15-16H2,(H,27,30)(H,28,31)(H4,25,26,29)/t21-/m1/s1. The predicted octanol–water partition coefficient (Wildman–Crippen LogP) is 2.12. The molecular formula is C24H25N5O5S. The molecule has 3 aromatic rings. The van der Waals surface area contributed by atoms with Crippen LogP contribution in [-0.2, 0) is 32.6 Å². The smallest absolute Gasteiger partial charge is 0.408 e. The molecule has 0 fully saturated rings. The van der Waals surface area contributed by atoms with Gasteiger partial charge in [0.2, 0.25) is 11.9 Å². The predicted molar refractivity (Wildman–Crippen MR) is 132 cm³/mol. The van der Waals surface area contributed by atoms with Crippen molar-refractivity contribution in [1.82, 2.24) is 5.32 Å². The number of sulfonamides is 1. The van der Waals surface area contributed by atoms with Crippen molar-refractivity contribution in [2.24, 2.45) is 15.9 Å². The number of guanidine groups is 1. The Bertz CT molecular complexity index is 1280. The van der Waals surface area contributed by atoms with Crippen molar-refractivity contribution in [3.8, 4) is 0 Å². The number of rotatable bonds is 9. The van der Waals surface area contributed by atoms with Crippen LogP contribution in [0, 0.1) is 0 Å². The van der Waals surface area contributed by atoms with Crippen LogP contribution in [0.2, 0.25) is 0 Å². The molecule has 0 saturated heterocycles. The van der Waals surface area contributed by atoms with E-state index in [2.05, 4.69) is 15.0 Å². The summed E-state index contributed by atoms with van der Waals surface area (Å²) in [6.07, 6.45) is -0.534. The Kier molecular flexibility index (Phi) is 8.41. The quantitative estimate of drug-likeness (QED) is 0.261. The highest BCUT2D eigenvalue weighted by molar-refractivity contribution is 7.90. The summed E-state index contributed by atoms with van der Waals surface area (Å²) in [5, 5.41) is 5.27. The number of hydrogen-bond donors (Lipinski definition) is 4. The normalized spacial score (nSPS) is 11.7. The van der Waals surface area contributed by atoms with Crippen molar-refractivity contribution in [3.63, 3.8) is 0 Å². The van der Waals surface area contributed by atoms with Crippen LogP contribution in [0.5, 0.6) is 0 Å². The number of carbonyl (C=O) groups is 2. The van der Waals surface area contributed by atoms with Crippen LogP contribution >= 0.6 is 0 Å². The van der Waals surface area contributed by atoms with E-state index < -0.39 is 34.0 Å². The topological polar surface area (TPSA) is 166 Å². The molecule has 3 rings (SSSR count). The number of nitrogens with zero attached hydrogens (tertiary/aromatic N) is 1. The number of benzene rings is 3. The second-order valence-electron chi connectivity index (χ2n) is 7.45. The first kappa shape index (κ1) is 25.2. The third kappa shape index (κ3) is 7.86. The van der Waals surface area contributed by atoms with Crippen LogP contribution in [0.1, 0.15) is 11.1 Å². The van der Waals surface area contributed by atoms with Crippen molar-refractivity contribution in [2.45, 2.75) is 24.0 Å². The van der Waals surface area contributed by atoms with Gasteiger partial charge in [0.1, 0.15) is 12.6 Å². The summed E-state index contributed by atoms with van der Waals surface area (Å²) < 4.78 is 32.6. The maximum atomic E-state index is 13.0. The number of anilines is 1. The lowest BCUT2D eigenvalue weighted by molar-refractivity contribution is -0.118. The Morgan fingerprint density at radius 2 is 1.43 bits per heavy atom. The van der Waals surface area contributed by atoms with Crippen molar-refractivity contribution in [3.05, 3.63) is 96.1 Å². The molecule has 2 amide bonds. The Morgan fingerprint density at radius 3 is 2.00 bits per heavy atom. The lowest BCUT2D eigenvalue weighted by atomic mass is 10.1. The van der Waals surface area contributed by atoms with E-state index in [0.717, 1.165) is 11.1 Å². The van der Waals surface area contributed by atoms with E-state index in [-0.39, 0.29) is 17.9 Å². The molecule has 6 N–H and O–H groups in total. The van der Waals surface area contributed by atoms with Gasteiger partial charge in [-0.05, 0) is 35.4 Å². The van der Waals surface area contributed by atoms with E-state index >= 15 is 0 Å². The third-order valence-electron chi connectivity index (χ3n) is 4.75. The van der Waals surface area contributed by atoms with Gasteiger partial charge in [-0.2, -0.15) is 8.42 Å². The van der Waals surface area contributed by atoms with E-state index in [1.807, 2.05) is 60.7 Å². The molecular weight excluding hydrogens is 470 g/mol. The van der Waals surface area contributed by atoms with Gasteiger partial charge in [0.25, 0.3) is 10.0 Å². The van der Waals surface area contributed by atoms with E-state index in [9.17, 15) is 18.0 Å². The van der Waals surface area contributed by atoms with Crippen molar-refractivity contribution in [1.29, 1.82) is 0 Å². The molecule has 182 valence electrons. The van der Waals surface area contributed by atoms with Gasteiger partial charge in [0.15, 0.2) is 0 Å². The molecule has 35 heavy (non-hydrogen) atoms. The molecule has 10 nitrogen and oxygen atoms in total. The SMILES string of the molecule is NC(N)=NS(=O)(=O)c1ccc(NC(=O)[C@@H](Cc2ccccc2)NC(=O)OCc2ccccc2)cc1. The Balaban J connectivity index is 1.70. The maximum absolute atomic E-state index is 13.0. The average molecular weight is 496 g/mol. The van der Waals surface area contributed by atoms with E-state index in [1.165, 1.54) is 24.3 Å². The van der Waals surface area contributed by atoms with E-state index in [4.69, 9.17) is 16.2 Å². The van der Waals surface area contributed by atoms with Crippen LogP contribution in [0.15, 0.2) is 94.2 Å². The largest absolute Gasteiger partial charge is 0.445 e. The monoisotopic (exact) mass is 495 g/mol. The Morgan fingerprint density at radius 1 is 0.857 bits per heavy atom. The highest BCUT2D eigenvalue weighted by Crippen LogP contribution is 2.17. The maximum Gasteiger partial charge on any atom is 0.408 e. The van der Waals surface area contributed by atoms with Gasteiger partial charge >= 0.3 is 6.09 Å². The van der Waals surface area contributed by atoms with E-state index in [1.54, 1.807) is 0 Å². The molecule has 0 heterocycles. The molecule has 0 bridgehead atoms. The number of carbonyl (C=O) groups excluding carboxylic acids is 2. The summed E-state index contributed by atoms with van der Waals surface area (Å²) in [7, 11) is -4.06. The summed E-state index contributed by atoms with van der Waals surface area (Å²) in [4.78, 5) is 25.3. The van der Waals surface area contributed by atoms with Crippen LogP contribution in [0.4, 0.5) is 10.5 Å². The number of hydrogen-bond acceptors (Lipinski definition) is 5. The van der Waals surface area contributed by atoms with Gasteiger partial charge in [-0.25, -0.2) is 4.79 Å². The molecule has 0 unspecified atom stereocenters. The van der Waals surface area contributed by atoms with Crippen LogP contribution < -0.4 is 22.1 Å². The molecule has 0 aliphatic heterocycles. The van der Waals surface area contributed by atoms with Gasteiger partial charge in [-0.15, -0.1) is 4.40 Å². The molecule has 0 spiro atoms. The summed E-state index contributed by atoms with van der Waals surface area (Å²) in [5.41, 5.74) is 12.3. The Labute approximate surface area is 203 Å². The first-order valence-electron chi connectivity index (χ1n) is 10.5. The summed E-state index contributed by atoms with van der Waals surface area (Å²) in [5.74, 6) is -1.10. The van der Waals surface area contributed by atoms with Gasteiger partial charge < -0.3 is 26.8 Å². The molecule has 0 radical (unpaired) electrons. The fourth-order valence-electron chi connectivity index (χ4n) is 3.10. The molecule has 1 atom stereocenters. The zero-order valence-electron chi connectivity index (χ0n) is 18.6. The first-order chi connectivity index (χ1) is 16.7. The lowest BCUT2D eigenvalue weighted by Gasteiger charge is -2.19. The fraction of sp³-hybridized carbons (Fsp3) is 0.125. The summed E-state index contributed by atoms with van der Waals surface area (Å²) in [6, 6.07) is 22.7. The van der Waals surface area contributed by atoms with Gasteiger partial charge in [-0.1, -0.05) is 60.7 Å². The second kappa shape index (κ2) is 11.7. The molecule has 0 aliphatic rings. The molecule has 11 heteroatoms.